The minimum Gasteiger partial charge on any atom is -0.444 e. The number of rotatable bonds is 11. The van der Waals surface area contributed by atoms with E-state index in [-0.39, 0.29) is 29.9 Å². The number of aromatic amines is 1. The summed E-state index contributed by atoms with van der Waals surface area (Å²) < 4.78 is 5.35. The van der Waals surface area contributed by atoms with E-state index in [2.05, 4.69) is 36.2 Å². The van der Waals surface area contributed by atoms with E-state index in [4.69, 9.17) is 10.5 Å². The van der Waals surface area contributed by atoms with Gasteiger partial charge in [0.25, 0.3) is 0 Å². The van der Waals surface area contributed by atoms with Gasteiger partial charge in [-0.25, -0.2) is 4.79 Å². The van der Waals surface area contributed by atoms with Crippen molar-refractivity contribution in [2.45, 2.75) is 64.9 Å². The van der Waals surface area contributed by atoms with E-state index in [1.165, 1.54) is 0 Å². The summed E-state index contributed by atoms with van der Waals surface area (Å²) in [5.41, 5.74) is 10.1. The molecule has 1 aliphatic carbocycles. The van der Waals surface area contributed by atoms with E-state index in [1.807, 2.05) is 51.1 Å². The number of amides is 2. The molecule has 2 amide bonds. The average molecular weight is 639 g/mol. The van der Waals surface area contributed by atoms with Crippen LogP contribution in [0.4, 0.5) is 16.2 Å². The van der Waals surface area contributed by atoms with Crippen LogP contribution in [-0.4, -0.2) is 55.5 Å². The molecule has 0 saturated heterocycles. The third kappa shape index (κ3) is 9.68. The van der Waals surface area contributed by atoms with Crippen molar-refractivity contribution in [3.05, 3.63) is 72.6 Å². The molecule has 1 fully saturated rings. The topological polar surface area (TPSA) is 178 Å². The number of ketones is 1. The summed E-state index contributed by atoms with van der Waals surface area (Å²) in [7, 11) is 0. The molecule has 246 valence electrons. The minimum atomic E-state index is -0.583. The van der Waals surface area contributed by atoms with Gasteiger partial charge >= 0.3 is 6.09 Å². The van der Waals surface area contributed by atoms with Crippen molar-refractivity contribution in [3.8, 4) is 22.5 Å². The van der Waals surface area contributed by atoms with Crippen molar-refractivity contribution < 1.29 is 19.1 Å². The van der Waals surface area contributed by atoms with Crippen LogP contribution in [0, 0.1) is 17.8 Å². The number of hydrogen-bond donors (Lipinski definition) is 4. The molecule has 1 atom stereocenters. The number of carbonyl (C=O) groups excluding carboxylic acids is 3. The summed E-state index contributed by atoms with van der Waals surface area (Å²) in [5.74, 6) is -0.103. The number of carbonyl (C=O) groups is 3. The first kappa shape index (κ1) is 33.2. The van der Waals surface area contributed by atoms with Gasteiger partial charge in [0.15, 0.2) is 0 Å². The predicted octanol–water partition coefficient (Wildman–Crippen LogP) is 5.60. The maximum atomic E-state index is 13.8. The molecule has 2 heterocycles. The highest BCUT2D eigenvalue weighted by molar-refractivity contribution is 5.96. The second kappa shape index (κ2) is 15.0. The number of Topliss-reactive ketones (excluding diaryl/α,β-unsaturated/α-hetero) is 1. The lowest BCUT2D eigenvalue weighted by atomic mass is 9.77. The Morgan fingerprint density at radius 1 is 0.979 bits per heavy atom. The first-order valence-electron chi connectivity index (χ1n) is 16.0. The minimum absolute atomic E-state index is 0.0901. The second-order valence-corrected chi connectivity index (χ2v) is 13.2. The Morgan fingerprint density at radius 3 is 2.43 bits per heavy atom. The highest BCUT2D eigenvalue weighted by Crippen LogP contribution is 2.32. The molecule has 1 aliphatic rings. The van der Waals surface area contributed by atoms with E-state index in [9.17, 15) is 14.4 Å². The molecule has 47 heavy (non-hydrogen) atoms. The summed E-state index contributed by atoms with van der Waals surface area (Å²) >= 11 is 0. The van der Waals surface area contributed by atoms with Crippen LogP contribution in [0.5, 0.6) is 0 Å². The lowest BCUT2D eigenvalue weighted by Gasteiger charge is -2.29. The molecule has 12 nitrogen and oxygen atoms in total. The van der Waals surface area contributed by atoms with Crippen LogP contribution < -0.4 is 16.4 Å². The van der Waals surface area contributed by atoms with Crippen molar-refractivity contribution in [1.82, 2.24) is 30.9 Å². The zero-order chi connectivity index (χ0) is 33.4. The predicted molar refractivity (Wildman–Crippen MR) is 179 cm³/mol. The first-order valence-corrected chi connectivity index (χ1v) is 16.0. The first-order chi connectivity index (χ1) is 22.5. The molecule has 2 aromatic carbocycles. The quantitative estimate of drug-likeness (QED) is 0.163. The lowest BCUT2D eigenvalue weighted by molar-refractivity contribution is -0.129. The van der Waals surface area contributed by atoms with Gasteiger partial charge in [-0.1, -0.05) is 24.3 Å². The van der Waals surface area contributed by atoms with Crippen LogP contribution >= 0.6 is 0 Å². The van der Waals surface area contributed by atoms with Crippen molar-refractivity contribution >= 4 is 29.2 Å². The number of nitrogens with one attached hydrogen (secondary N) is 3. The number of tetrazole rings is 1. The van der Waals surface area contributed by atoms with Crippen LogP contribution in [0.3, 0.4) is 0 Å². The van der Waals surface area contributed by atoms with Gasteiger partial charge in [-0.15, -0.1) is 10.2 Å². The molecule has 4 aromatic rings. The average Bonchev–Trinajstić information content (AvgIpc) is 3.59. The van der Waals surface area contributed by atoms with Crippen molar-refractivity contribution in [1.29, 1.82) is 0 Å². The molecule has 12 heteroatoms. The fourth-order valence-corrected chi connectivity index (χ4v) is 5.91. The van der Waals surface area contributed by atoms with Gasteiger partial charge in [0.1, 0.15) is 11.4 Å². The Morgan fingerprint density at radius 2 is 1.74 bits per heavy atom. The van der Waals surface area contributed by atoms with E-state index in [0.29, 0.717) is 30.2 Å². The summed E-state index contributed by atoms with van der Waals surface area (Å²) in [6, 6.07) is 16.9. The molecule has 0 bridgehead atoms. The molecule has 2 aromatic heterocycles. The fraction of sp³-hybridized carbons (Fsp3) is 0.400. The zero-order valence-electron chi connectivity index (χ0n) is 27.0. The van der Waals surface area contributed by atoms with Gasteiger partial charge in [-0.3, -0.25) is 14.6 Å². The number of H-pyrrole nitrogens is 1. The Kier molecular flexibility index (Phi) is 10.6. The number of hydrogen-bond acceptors (Lipinski definition) is 9. The molecule has 0 unspecified atom stereocenters. The van der Waals surface area contributed by atoms with Gasteiger partial charge in [-0.2, -0.15) is 5.21 Å². The van der Waals surface area contributed by atoms with Crippen LogP contribution in [0.2, 0.25) is 0 Å². The van der Waals surface area contributed by atoms with Crippen molar-refractivity contribution in [2.75, 3.05) is 17.6 Å². The molecule has 5 rings (SSSR count). The molecule has 0 aliphatic heterocycles. The number of anilines is 2. The zero-order valence-corrected chi connectivity index (χ0v) is 27.0. The van der Waals surface area contributed by atoms with Gasteiger partial charge in [0.2, 0.25) is 11.7 Å². The normalized spacial score (nSPS) is 17.0. The number of nitrogens with two attached hydrogens (primary N) is 1. The molecule has 0 spiro atoms. The van der Waals surface area contributed by atoms with Crippen LogP contribution in [0.1, 0.15) is 58.4 Å². The maximum Gasteiger partial charge on any atom is 0.407 e. The SMILES string of the molecule is CC(C)(C)OC(=O)NCC1CCC(C(=O)C[C@@H](Cc2cccc(-c3cncc(N)c3)c2)C(=O)Nc2ccc(-c3nn[nH]n3)cc2)CC1. The Labute approximate surface area is 274 Å². The monoisotopic (exact) mass is 638 g/mol. The number of nitrogen functional groups attached to an aromatic ring is 1. The Hall–Kier alpha value is -5.13. The highest BCUT2D eigenvalue weighted by Gasteiger charge is 2.31. The van der Waals surface area contributed by atoms with E-state index >= 15 is 0 Å². The Bertz CT molecular complexity index is 1660. The smallest absolute Gasteiger partial charge is 0.407 e. The number of pyridine rings is 1. The largest absolute Gasteiger partial charge is 0.444 e. The third-order valence-corrected chi connectivity index (χ3v) is 8.31. The van der Waals surface area contributed by atoms with Crippen LogP contribution in [-0.2, 0) is 20.7 Å². The Balaban J connectivity index is 1.25. The van der Waals surface area contributed by atoms with Gasteiger partial charge < -0.3 is 21.1 Å². The summed E-state index contributed by atoms with van der Waals surface area (Å²) in [4.78, 5) is 43.7. The maximum absolute atomic E-state index is 13.8. The summed E-state index contributed by atoms with van der Waals surface area (Å²) in [6.45, 7) is 6.01. The van der Waals surface area contributed by atoms with Gasteiger partial charge in [0.05, 0.1) is 5.69 Å². The number of aromatic nitrogens is 5. The molecule has 1 saturated carbocycles. The van der Waals surface area contributed by atoms with Gasteiger partial charge in [0, 0.05) is 54.0 Å². The number of benzene rings is 2. The third-order valence-electron chi connectivity index (χ3n) is 8.31. The van der Waals surface area contributed by atoms with E-state index in [1.54, 1.807) is 36.7 Å². The fourth-order valence-electron chi connectivity index (χ4n) is 5.91. The van der Waals surface area contributed by atoms with Crippen molar-refractivity contribution in [2.24, 2.45) is 17.8 Å². The summed E-state index contributed by atoms with van der Waals surface area (Å²) in [5, 5.41) is 19.9. The summed E-state index contributed by atoms with van der Waals surface area (Å²) in [6.07, 6.45) is 6.54. The van der Waals surface area contributed by atoms with Gasteiger partial charge in [-0.05, 0) is 105 Å². The number of ether oxygens (including phenoxy) is 1. The number of alkyl carbamates (subject to hydrolysis) is 1. The standard InChI is InChI=1S/C35H42N8O4/c1-35(2,3)47-34(46)38-19-22-7-9-24(10-8-22)31(44)18-27(16-23-5-4-6-26(15-23)28-17-29(36)21-37-20-28)33(45)39-30-13-11-25(12-14-30)32-40-42-43-41-32/h4-6,11-15,17,20-22,24,27H,7-10,16,18-19,36H2,1-3H3,(H,38,46)(H,39,45)(H,40,41,42,43)/t22?,24?,27-/m1/s1. The van der Waals surface area contributed by atoms with Crippen molar-refractivity contribution in [3.63, 3.8) is 0 Å². The second-order valence-electron chi connectivity index (χ2n) is 13.2. The van der Waals surface area contributed by atoms with Crippen LogP contribution in [0.25, 0.3) is 22.5 Å². The molecular weight excluding hydrogens is 596 g/mol. The van der Waals surface area contributed by atoms with E-state index in [0.717, 1.165) is 47.9 Å². The molecular formula is C35H42N8O4. The number of nitrogens with zero attached hydrogens (tertiary/aromatic N) is 4. The molecule has 5 N–H and O–H groups in total. The lowest BCUT2D eigenvalue weighted by Crippen LogP contribution is -2.37. The highest BCUT2D eigenvalue weighted by atomic mass is 16.6. The molecule has 0 radical (unpaired) electrons. The van der Waals surface area contributed by atoms with E-state index < -0.39 is 17.6 Å². The van der Waals surface area contributed by atoms with Crippen LogP contribution in [0.15, 0.2) is 67.0 Å².